The highest BCUT2D eigenvalue weighted by Gasteiger charge is 2.34. The molecule has 13 nitrogen and oxygen atoms in total. The van der Waals surface area contributed by atoms with Crippen LogP contribution in [0.3, 0.4) is 0 Å². The number of amides is 2. The molecule has 3 aromatic rings. The maximum absolute atomic E-state index is 13.0. The lowest BCUT2D eigenvalue weighted by Gasteiger charge is -2.30. The van der Waals surface area contributed by atoms with Gasteiger partial charge >= 0.3 is 0 Å². The third kappa shape index (κ3) is 4.46. The Morgan fingerprint density at radius 3 is 2.35 bits per heavy atom. The van der Waals surface area contributed by atoms with Crippen LogP contribution in [0.5, 0.6) is 0 Å². The maximum Gasteiger partial charge on any atom is 0.276 e. The van der Waals surface area contributed by atoms with Crippen LogP contribution in [0.4, 0.5) is 11.4 Å². The molecule has 0 saturated carbocycles. The number of hydrogen-bond donors (Lipinski definition) is 2. The predicted molar refractivity (Wildman–Crippen MR) is 122 cm³/mol. The molecule has 1 aliphatic rings. The Hall–Kier alpha value is -3.52. The SMILES string of the molecule is Cc1c(NC(=O)c2c(NC(=O)C3CCCN(S(=O)(=O)c4cnn(C)c4)C3)cnn2C)cnn1C. The van der Waals surface area contributed by atoms with Gasteiger partial charge < -0.3 is 10.6 Å². The number of rotatable bonds is 6. The van der Waals surface area contributed by atoms with E-state index in [-0.39, 0.29) is 28.7 Å². The zero-order valence-corrected chi connectivity index (χ0v) is 20.2. The van der Waals surface area contributed by atoms with E-state index in [0.717, 1.165) is 5.69 Å². The molecule has 1 unspecified atom stereocenters. The predicted octanol–water partition coefficient (Wildman–Crippen LogP) is 0.487. The van der Waals surface area contributed by atoms with Gasteiger partial charge in [-0.05, 0) is 19.8 Å². The molecule has 4 heterocycles. The van der Waals surface area contributed by atoms with Crippen LogP contribution in [0, 0.1) is 12.8 Å². The standard InChI is InChI=1S/C20H27N9O4S/c1-13-16(9-22-27(13)3)24-20(31)18-17(10-23-28(18)4)25-19(30)14-6-5-7-29(11-14)34(32,33)15-8-21-26(2)12-15/h8-10,12,14H,5-7,11H2,1-4H3,(H,24,31)(H,25,30). The quantitative estimate of drug-likeness (QED) is 0.512. The number of hydrogen-bond acceptors (Lipinski definition) is 7. The minimum atomic E-state index is -3.75. The Kier molecular flexibility index (Phi) is 6.27. The number of aromatic nitrogens is 6. The monoisotopic (exact) mass is 489 g/mol. The normalized spacial score (nSPS) is 17.0. The molecule has 34 heavy (non-hydrogen) atoms. The van der Waals surface area contributed by atoms with E-state index in [9.17, 15) is 18.0 Å². The van der Waals surface area contributed by atoms with Crippen molar-refractivity contribution in [1.82, 2.24) is 33.6 Å². The zero-order chi connectivity index (χ0) is 24.6. The third-order valence-corrected chi connectivity index (χ3v) is 7.79. The second-order valence-corrected chi connectivity index (χ2v) is 10.2. The summed E-state index contributed by atoms with van der Waals surface area (Å²) in [5, 5.41) is 17.7. The minimum Gasteiger partial charge on any atom is -0.322 e. The zero-order valence-electron chi connectivity index (χ0n) is 19.4. The van der Waals surface area contributed by atoms with Gasteiger partial charge in [-0.2, -0.15) is 19.6 Å². The molecule has 1 aliphatic heterocycles. The summed E-state index contributed by atoms with van der Waals surface area (Å²) in [6.07, 6.45) is 6.74. The van der Waals surface area contributed by atoms with Crippen molar-refractivity contribution in [2.75, 3.05) is 23.7 Å². The lowest BCUT2D eigenvalue weighted by Crippen LogP contribution is -2.43. The Morgan fingerprint density at radius 1 is 1.00 bits per heavy atom. The fourth-order valence-electron chi connectivity index (χ4n) is 3.89. The Balaban J connectivity index is 1.48. The first-order valence-electron chi connectivity index (χ1n) is 10.7. The van der Waals surface area contributed by atoms with Gasteiger partial charge in [0, 0.05) is 40.4 Å². The highest BCUT2D eigenvalue weighted by molar-refractivity contribution is 7.89. The Labute approximate surface area is 196 Å². The first kappa shape index (κ1) is 23.6. The van der Waals surface area contributed by atoms with Crippen molar-refractivity contribution in [3.8, 4) is 0 Å². The number of aryl methyl sites for hydroxylation is 3. The van der Waals surface area contributed by atoms with E-state index in [2.05, 4.69) is 25.9 Å². The maximum atomic E-state index is 13.0. The van der Waals surface area contributed by atoms with Crippen LogP contribution in [0.25, 0.3) is 0 Å². The summed E-state index contributed by atoms with van der Waals surface area (Å²) in [5.41, 5.74) is 1.75. The highest BCUT2D eigenvalue weighted by Crippen LogP contribution is 2.25. The van der Waals surface area contributed by atoms with E-state index in [4.69, 9.17) is 0 Å². The van der Waals surface area contributed by atoms with Gasteiger partial charge in [-0.3, -0.25) is 23.6 Å². The summed E-state index contributed by atoms with van der Waals surface area (Å²) in [5.74, 6) is -1.39. The van der Waals surface area contributed by atoms with Gasteiger partial charge in [0.1, 0.15) is 10.6 Å². The van der Waals surface area contributed by atoms with Gasteiger partial charge in [0.2, 0.25) is 15.9 Å². The van der Waals surface area contributed by atoms with Crippen molar-refractivity contribution in [2.24, 2.45) is 27.1 Å². The summed E-state index contributed by atoms with van der Waals surface area (Å²) < 4.78 is 31.6. The van der Waals surface area contributed by atoms with E-state index < -0.39 is 21.8 Å². The molecule has 0 aromatic carbocycles. The largest absolute Gasteiger partial charge is 0.322 e. The average molecular weight is 490 g/mol. The van der Waals surface area contributed by atoms with E-state index >= 15 is 0 Å². The minimum absolute atomic E-state index is 0.0414. The molecular weight excluding hydrogens is 462 g/mol. The Bertz CT molecular complexity index is 1340. The van der Waals surface area contributed by atoms with Crippen molar-refractivity contribution in [3.63, 3.8) is 0 Å². The van der Waals surface area contributed by atoms with Crippen molar-refractivity contribution >= 4 is 33.2 Å². The summed E-state index contributed by atoms with van der Waals surface area (Å²) in [7, 11) is 1.26. The van der Waals surface area contributed by atoms with Crippen LogP contribution in [0.15, 0.2) is 29.7 Å². The molecule has 2 N–H and O–H groups in total. The van der Waals surface area contributed by atoms with Gasteiger partial charge in [0.15, 0.2) is 0 Å². The highest BCUT2D eigenvalue weighted by atomic mass is 32.2. The molecule has 1 saturated heterocycles. The van der Waals surface area contributed by atoms with Gasteiger partial charge in [0.05, 0.1) is 41.6 Å². The molecule has 0 radical (unpaired) electrons. The van der Waals surface area contributed by atoms with E-state index in [1.54, 1.807) is 32.0 Å². The number of sulfonamides is 1. The van der Waals surface area contributed by atoms with Crippen LogP contribution >= 0.6 is 0 Å². The van der Waals surface area contributed by atoms with E-state index in [1.165, 1.54) is 32.3 Å². The molecule has 182 valence electrons. The van der Waals surface area contributed by atoms with Gasteiger partial charge in [-0.25, -0.2) is 8.42 Å². The van der Waals surface area contributed by atoms with E-state index in [1.807, 2.05) is 6.92 Å². The first-order chi connectivity index (χ1) is 16.1. The van der Waals surface area contributed by atoms with Crippen LogP contribution in [0.2, 0.25) is 0 Å². The number of carbonyl (C=O) groups is 2. The van der Waals surface area contributed by atoms with Crippen LogP contribution in [0.1, 0.15) is 29.0 Å². The van der Waals surface area contributed by atoms with Crippen LogP contribution < -0.4 is 10.6 Å². The number of anilines is 2. The number of carbonyl (C=O) groups excluding carboxylic acids is 2. The van der Waals surface area contributed by atoms with Gasteiger partial charge in [0.25, 0.3) is 5.91 Å². The van der Waals surface area contributed by atoms with Crippen molar-refractivity contribution in [2.45, 2.75) is 24.7 Å². The molecule has 2 amide bonds. The smallest absolute Gasteiger partial charge is 0.276 e. The molecule has 1 fully saturated rings. The summed E-state index contributed by atoms with van der Waals surface area (Å²) in [6.45, 7) is 2.19. The number of piperidine rings is 1. The lowest BCUT2D eigenvalue weighted by molar-refractivity contribution is -0.120. The summed E-state index contributed by atoms with van der Waals surface area (Å²) in [6, 6.07) is 0. The summed E-state index contributed by atoms with van der Waals surface area (Å²) >= 11 is 0. The second kappa shape index (κ2) is 9.02. The second-order valence-electron chi connectivity index (χ2n) is 8.29. The molecule has 3 aromatic heterocycles. The van der Waals surface area contributed by atoms with Gasteiger partial charge in [-0.1, -0.05) is 0 Å². The van der Waals surface area contributed by atoms with Crippen molar-refractivity contribution < 1.29 is 18.0 Å². The fourth-order valence-corrected chi connectivity index (χ4v) is 5.40. The average Bonchev–Trinajstić information content (AvgIpc) is 3.49. The van der Waals surface area contributed by atoms with E-state index in [0.29, 0.717) is 25.1 Å². The van der Waals surface area contributed by atoms with Crippen molar-refractivity contribution in [3.05, 3.63) is 36.2 Å². The topological polar surface area (TPSA) is 149 Å². The lowest BCUT2D eigenvalue weighted by atomic mass is 9.98. The third-order valence-electron chi connectivity index (χ3n) is 5.97. The molecule has 0 aliphatic carbocycles. The molecular formula is C20H27N9O4S. The molecule has 0 spiro atoms. The molecule has 1 atom stereocenters. The number of nitrogens with one attached hydrogen (secondary N) is 2. The summed E-state index contributed by atoms with van der Waals surface area (Å²) in [4.78, 5) is 26.1. The Morgan fingerprint density at radius 2 is 1.71 bits per heavy atom. The first-order valence-corrected chi connectivity index (χ1v) is 12.1. The molecule has 4 rings (SSSR count). The van der Waals surface area contributed by atoms with Crippen LogP contribution in [-0.2, 0) is 36.0 Å². The van der Waals surface area contributed by atoms with Crippen LogP contribution in [-0.4, -0.2) is 67.0 Å². The fraction of sp³-hybridized carbons (Fsp3) is 0.450. The number of nitrogens with zero attached hydrogens (tertiary/aromatic N) is 7. The molecule has 0 bridgehead atoms. The van der Waals surface area contributed by atoms with Gasteiger partial charge in [-0.15, -0.1) is 0 Å². The molecule has 14 heteroatoms. The van der Waals surface area contributed by atoms with Crippen molar-refractivity contribution in [1.29, 1.82) is 0 Å².